The van der Waals surface area contributed by atoms with Crippen molar-refractivity contribution in [2.24, 2.45) is 10.7 Å². The van der Waals surface area contributed by atoms with Gasteiger partial charge in [0.2, 0.25) is 0 Å². The number of allylic oxidation sites excluding steroid dienone is 4. The highest BCUT2D eigenvalue weighted by Crippen LogP contribution is 2.13. The van der Waals surface area contributed by atoms with Crippen molar-refractivity contribution in [3.8, 4) is 0 Å². The topological polar surface area (TPSA) is 41.6 Å². The molecule has 0 saturated carbocycles. The van der Waals surface area contributed by atoms with Gasteiger partial charge in [0.25, 0.3) is 0 Å². The Morgan fingerprint density at radius 3 is 2.25 bits per heavy atom. The van der Waals surface area contributed by atoms with E-state index in [1.165, 1.54) is 102 Å². The third-order valence-corrected chi connectivity index (χ3v) is 5.51. The number of hydrogen-bond donors (Lipinski definition) is 1. The fourth-order valence-corrected chi connectivity index (χ4v) is 3.74. The van der Waals surface area contributed by atoms with Crippen LogP contribution in [-0.2, 0) is 0 Å². The van der Waals surface area contributed by atoms with Crippen molar-refractivity contribution in [3.05, 3.63) is 24.3 Å². The molecule has 1 aliphatic rings. The summed E-state index contributed by atoms with van der Waals surface area (Å²) in [5, 5.41) is 0. The Hall–Kier alpha value is -1.09. The molecule has 2 N–H and O–H groups in total. The first-order chi connectivity index (χ1) is 13.9. The molecule has 0 spiro atoms. The first kappa shape index (κ1) is 24.9. The van der Waals surface area contributed by atoms with Crippen molar-refractivity contribution in [2.45, 2.75) is 103 Å². The van der Waals surface area contributed by atoms with Gasteiger partial charge in [0.05, 0.1) is 5.84 Å². The lowest BCUT2D eigenvalue weighted by Crippen LogP contribution is -2.36. The Kier molecular flexibility index (Phi) is 17.1. The molecular formula is C25H47N3. The fourth-order valence-electron chi connectivity index (χ4n) is 3.74. The highest BCUT2D eigenvalue weighted by molar-refractivity contribution is 5.82. The molecule has 1 rings (SSSR count). The van der Waals surface area contributed by atoms with Crippen molar-refractivity contribution < 1.29 is 0 Å². The van der Waals surface area contributed by atoms with E-state index >= 15 is 0 Å². The highest BCUT2D eigenvalue weighted by Gasteiger charge is 2.13. The molecule has 3 heteroatoms. The normalized spacial score (nSPS) is 15.1. The minimum absolute atomic E-state index is 0.810. The van der Waals surface area contributed by atoms with E-state index < -0.39 is 0 Å². The maximum absolute atomic E-state index is 5.62. The molecule has 0 bridgehead atoms. The van der Waals surface area contributed by atoms with Crippen molar-refractivity contribution in [1.29, 1.82) is 0 Å². The molecule has 0 saturated heterocycles. The molecule has 3 nitrogen and oxygen atoms in total. The Labute approximate surface area is 175 Å². The largest absolute Gasteiger partial charge is 0.360 e. The van der Waals surface area contributed by atoms with Crippen LogP contribution >= 0.6 is 0 Å². The van der Waals surface area contributed by atoms with E-state index in [1.54, 1.807) is 0 Å². The van der Waals surface area contributed by atoms with Crippen LogP contribution in [0.5, 0.6) is 0 Å². The van der Waals surface area contributed by atoms with Gasteiger partial charge in [-0.2, -0.15) is 0 Å². The number of amidine groups is 1. The second-order valence-corrected chi connectivity index (χ2v) is 8.15. The average Bonchev–Trinajstić information content (AvgIpc) is 2.72. The highest BCUT2D eigenvalue weighted by atomic mass is 15.2. The lowest BCUT2D eigenvalue weighted by Gasteiger charge is -2.29. The molecule has 28 heavy (non-hydrogen) atoms. The molecule has 162 valence electrons. The van der Waals surface area contributed by atoms with Crippen LogP contribution in [0.2, 0.25) is 0 Å². The predicted molar refractivity (Wildman–Crippen MR) is 126 cm³/mol. The Bertz CT molecular complexity index is 426. The molecule has 0 aromatic heterocycles. The van der Waals surface area contributed by atoms with Gasteiger partial charge in [-0.05, 0) is 57.9 Å². The van der Waals surface area contributed by atoms with Gasteiger partial charge in [-0.15, -0.1) is 0 Å². The summed E-state index contributed by atoms with van der Waals surface area (Å²) in [5.74, 6) is 1.37. The van der Waals surface area contributed by atoms with E-state index in [0.29, 0.717) is 0 Å². The summed E-state index contributed by atoms with van der Waals surface area (Å²) in [6, 6.07) is 0. The zero-order valence-corrected chi connectivity index (χ0v) is 18.7. The molecule has 0 aromatic carbocycles. The van der Waals surface area contributed by atoms with Gasteiger partial charge < -0.3 is 10.6 Å². The number of unbranched alkanes of at least 4 members (excludes halogenated alkanes) is 10. The Morgan fingerprint density at radius 1 is 0.857 bits per heavy atom. The zero-order valence-electron chi connectivity index (χ0n) is 18.7. The van der Waals surface area contributed by atoms with E-state index in [4.69, 9.17) is 10.7 Å². The standard InChI is InChI=1S/C25H47N3/c1-2-3-4-5-6-7-8-9-10-11-12-13-14-15-16-20-25-27-22-19-24-28(25)23-18-17-21-26/h7-10H,2-6,11-24,26H2,1H3/b8-7?,10-9-. The summed E-state index contributed by atoms with van der Waals surface area (Å²) < 4.78 is 0. The first-order valence-electron chi connectivity index (χ1n) is 12.2. The van der Waals surface area contributed by atoms with Crippen LogP contribution in [-0.4, -0.2) is 36.9 Å². The second-order valence-electron chi connectivity index (χ2n) is 8.15. The van der Waals surface area contributed by atoms with Crippen LogP contribution in [0.3, 0.4) is 0 Å². The lowest BCUT2D eigenvalue weighted by atomic mass is 10.1. The number of nitrogens with zero attached hydrogens (tertiary/aromatic N) is 2. The van der Waals surface area contributed by atoms with Gasteiger partial charge in [-0.1, -0.05) is 69.8 Å². The maximum Gasteiger partial charge on any atom is 0.0988 e. The van der Waals surface area contributed by atoms with Crippen molar-refractivity contribution in [2.75, 3.05) is 26.2 Å². The molecular weight excluding hydrogens is 342 g/mol. The van der Waals surface area contributed by atoms with Crippen LogP contribution in [0.1, 0.15) is 103 Å². The molecule has 1 aliphatic heterocycles. The van der Waals surface area contributed by atoms with E-state index in [-0.39, 0.29) is 0 Å². The van der Waals surface area contributed by atoms with Crippen LogP contribution in [0, 0.1) is 0 Å². The minimum Gasteiger partial charge on any atom is -0.360 e. The molecule has 0 aliphatic carbocycles. The van der Waals surface area contributed by atoms with Crippen molar-refractivity contribution in [3.63, 3.8) is 0 Å². The van der Waals surface area contributed by atoms with E-state index in [0.717, 1.165) is 26.1 Å². The summed E-state index contributed by atoms with van der Waals surface area (Å²) in [4.78, 5) is 7.30. The smallest absolute Gasteiger partial charge is 0.0988 e. The van der Waals surface area contributed by atoms with Crippen LogP contribution in [0.25, 0.3) is 0 Å². The van der Waals surface area contributed by atoms with Gasteiger partial charge in [0.15, 0.2) is 0 Å². The first-order valence-corrected chi connectivity index (χ1v) is 12.2. The number of rotatable bonds is 18. The molecule has 0 amide bonds. The molecule has 0 fully saturated rings. The zero-order chi connectivity index (χ0) is 20.1. The number of nitrogens with two attached hydrogens (primary N) is 1. The van der Waals surface area contributed by atoms with Gasteiger partial charge in [-0.3, -0.25) is 4.99 Å². The predicted octanol–water partition coefficient (Wildman–Crippen LogP) is 6.64. The van der Waals surface area contributed by atoms with Gasteiger partial charge in [0, 0.05) is 26.1 Å². The van der Waals surface area contributed by atoms with Gasteiger partial charge in [0.1, 0.15) is 0 Å². The van der Waals surface area contributed by atoms with Crippen molar-refractivity contribution in [1.82, 2.24) is 4.90 Å². The Morgan fingerprint density at radius 2 is 1.54 bits per heavy atom. The van der Waals surface area contributed by atoms with E-state index in [9.17, 15) is 0 Å². The monoisotopic (exact) mass is 389 g/mol. The maximum atomic E-state index is 5.62. The van der Waals surface area contributed by atoms with E-state index in [1.807, 2.05) is 0 Å². The summed E-state index contributed by atoms with van der Waals surface area (Å²) in [6.07, 6.45) is 28.4. The molecule has 1 heterocycles. The quantitative estimate of drug-likeness (QED) is 0.211. The number of aliphatic imine (C=N–C) groups is 1. The van der Waals surface area contributed by atoms with Gasteiger partial charge in [-0.25, -0.2) is 0 Å². The van der Waals surface area contributed by atoms with Crippen LogP contribution in [0.4, 0.5) is 0 Å². The lowest BCUT2D eigenvalue weighted by molar-refractivity contribution is 0.373. The van der Waals surface area contributed by atoms with Crippen molar-refractivity contribution >= 4 is 5.84 Å². The minimum atomic E-state index is 0.810. The number of hydrogen-bond acceptors (Lipinski definition) is 3. The summed E-state index contributed by atoms with van der Waals surface area (Å²) in [5.41, 5.74) is 5.62. The Balaban J connectivity index is 1.96. The van der Waals surface area contributed by atoms with Gasteiger partial charge >= 0.3 is 0 Å². The molecule has 0 aromatic rings. The molecule has 0 unspecified atom stereocenters. The molecule has 0 radical (unpaired) electrons. The molecule has 0 atom stereocenters. The summed E-state index contributed by atoms with van der Waals surface area (Å²) >= 11 is 0. The second kappa shape index (κ2) is 19.2. The average molecular weight is 390 g/mol. The third kappa shape index (κ3) is 14.0. The summed E-state index contributed by atoms with van der Waals surface area (Å²) in [6.45, 7) is 6.45. The van der Waals surface area contributed by atoms with Crippen LogP contribution in [0.15, 0.2) is 29.3 Å². The summed E-state index contributed by atoms with van der Waals surface area (Å²) in [7, 11) is 0. The third-order valence-electron chi connectivity index (χ3n) is 5.51. The fraction of sp³-hybridized carbons (Fsp3) is 0.800. The van der Waals surface area contributed by atoms with Crippen LogP contribution < -0.4 is 5.73 Å². The van der Waals surface area contributed by atoms with E-state index in [2.05, 4.69) is 36.1 Å². The SMILES string of the molecule is CCCCCCC=C/C=C\CCCCCCCC1=NCCCN1CCCCN.